The van der Waals surface area contributed by atoms with E-state index in [1.165, 1.54) is 7.11 Å². The molecule has 3 rings (SSSR count). The van der Waals surface area contributed by atoms with E-state index in [9.17, 15) is 4.79 Å². The van der Waals surface area contributed by atoms with Gasteiger partial charge in [0.25, 0.3) is 5.91 Å². The van der Waals surface area contributed by atoms with Crippen LogP contribution in [0.25, 0.3) is 0 Å². The number of nitrogens with one attached hydrogen (secondary N) is 2. The molecule has 1 aromatic heterocycles. The highest BCUT2D eigenvalue weighted by molar-refractivity contribution is 6.04. The maximum atomic E-state index is 12.7. The third-order valence-corrected chi connectivity index (χ3v) is 4.14. The summed E-state index contributed by atoms with van der Waals surface area (Å²) >= 11 is 0. The number of aromatic nitrogens is 2. The van der Waals surface area contributed by atoms with E-state index in [2.05, 4.69) is 20.6 Å². The lowest BCUT2D eigenvalue weighted by atomic mass is 10.2. The van der Waals surface area contributed by atoms with Crippen molar-refractivity contribution in [3.05, 3.63) is 65.6 Å². The number of anilines is 3. The summed E-state index contributed by atoms with van der Waals surface area (Å²) in [5.74, 6) is 1.81. The van der Waals surface area contributed by atoms with Crippen LogP contribution in [0.4, 0.5) is 17.2 Å². The Bertz CT molecular complexity index is 1000. The zero-order valence-electron chi connectivity index (χ0n) is 16.2. The lowest BCUT2D eigenvalue weighted by Crippen LogP contribution is -2.16. The van der Waals surface area contributed by atoms with Gasteiger partial charge in [0.15, 0.2) is 0 Å². The Hall–Kier alpha value is -3.61. The number of carbonyl (C=O) groups is 1. The zero-order chi connectivity index (χ0) is 20.1. The average Bonchev–Trinajstić information content (AvgIpc) is 2.69. The second kappa shape index (κ2) is 8.39. The number of hydrogen-bond donors (Lipinski definition) is 2. The third-order valence-electron chi connectivity index (χ3n) is 4.14. The molecule has 0 saturated heterocycles. The lowest BCUT2D eigenvalue weighted by molar-refractivity contribution is 0.102. The minimum absolute atomic E-state index is 0.251. The molecule has 0 aliphatic heterocycles. The Labute approximate surface area is 163 Å². The molecule has 0 aliphatic rings. The average molecular weight is 378 g/mol. The molecule has 7 nitrogen and oxygen atoms in total. The van der Waals surface area contributed by atoms with Crippen LogP contribution in [0.5, 0.6) is 11.5 Å². The summed E-state index contributed by atoms with van der Waals surface area (Å²) in [4.78, 5) is 21.4. The van der Waals surface area contributed by atoms with E-state index in [0.717, 1.165) is 11.3 Å². The smallest absolute Gasteiger partial charge is 0.274 e. The van der Waals surface area contributed by atoms with Crippen LogP contribution in [0.1, 0.15) is 21.9 Å². The van der Waals surface area contributed by atoms with Gasteiger partial charge in [-0.05, 0) is 37.6 Å². The summed E-state index contributed by atoms with van der Waals surface area (Å²) < 4.78 is 10.5. The van der Waals surface area contributed by atoms with Crippen molar-refractivity contribution in [1.82, 2.24) is 9.97 Å². The van der Waals surface area contributed by atoms with Crippen molar-refractivity contribution < 1.29 is 14.3 Å². The van der Waals surface area contributed by atoms with Gasteiger partial charge in [-0.3, -0.25) is 4.79 Å². The van der Waals surface area contributed by atoms with Gasteiger partial charge in [0.2, 0.25) is 0 Å². The molecule has 2 aromatic carbocycles. The summed E-state index contributed by atoms with van der Waals surface area (Å²) in [6.45, 7) is 3.74. The van der Waals surface area contributed by atoms with Crippen LogP contribution in [0.15, 0.2) is 48.5 Å². The quantitative estimate of drug-likeness (QED) is 0.671. The molecule has 0 saturated carbocycles. The van der Waals surface area contributed by atoms with Gasteiger partial charge in [-0.15, -0.1) is 0 Å². The Balaban J connectivity index is 1.84. The second-order valence-corrected chi connectivity index (χ2v) is 6.15. The number of carbonyl (C=O) groups excluding carboxylic acids is 1. The molecule has 3 aromatic rings. The van der Waals surface area contributed by atoms with Gasteiger partial charge in [-0.2, -0.15) is 0 Å². The number of para-hydroxylation sites is 1. The van der Waals surface area contributed by atoms with Crippen LogP contribution >= 0.6 is 0 Å². The molecule has 0 unspecified atom stereocenters. The highest BCUT2D eigenvalue weighted by Gasteiger charge is 2.14. The van der Waals surface area contributed by atoms with Gasteiger partial charge in [-0.1, -0.05) is 18.2 Å². The zero-order valence-corrected chi connectivity index (χ0v) is 16.2. The van der Waals surface area contributed by atoms with Crippen molar-refractivity contribution in [2.75, 3.05) is 24.9 Å². The normalized spacial score (nSPS) is 10.3. The molecule has 0 spiro atoms. The first kappa shape index (κ1) is 19.2. The Morgan fingerprint density at radius 1 is 0.929 bits per heavy atom. The van der Waals surface area contributed by atoms with E-state index in [0.29, 0.717) is 28.8 Å². The number of amides is 1. The fourth-order valence-corrected chi connectivity index (χ4v) is 2.69. The van der Waals surface area contributed by atoms with E-state index >= 15 is 0 Å². The summed E-state index contributed by atoms with van der Waals surface area (Å²) in [7, 11) is 3.10. The molecule has 0 radical (unpaired) electrons. The highest BCUT2D eigenvalue weighted by atomic mass is 16.5. The van der Waals surface area contributed by atoms with Crippen molar-refractivity contribution in [2.45, 2.75) is 13.8 Å². The first-order chi connectivity index (χ1) is 13.5. The van der Waals surface area contributed by atoms with E-state index in [1.54, 1.807) is 38.3 Å². The van der Waals surface area contributed by atoms with Gasteiger partial charge in [0, 0.05) is 17.8 Å². The van der Waals surface area contributed by atoms with Gasteiger partial charge in [0.1, 0.15) is 28.8 Å². The Kier molecular flexibility index (Phi) is 5.74. The SMILES string of the molecule is COc1ccc(NC(=O)c2cc(Nc3ccccc3C)nc(C)n2)c(OC)c1. The van der Waals surface area contributed by atoms with Crippen molar-refractivity contribution in [1.29, 1.82) is 0 Å². The first-order valence-electron chi connectivity index (χ1n) is 8.72. The molecule has 0 atom stereocenters. The summed E-state index contributed by atoms with van der Waals surface area (Å²) in [6, 6.07) is 14.6. The number of ether oxygens (including phenoxy) is 2. The van der Waals surface area contributed by atoms with Gasteiger partial charge < -0.3 is 20.1 Å². The molecule has 28 heavy (non-hydrogen) atoms. The molecule has 0 fully saturated rings. The Morgan fingerprint density at radius 3 is 2.43 bits per heavy atom. The number of aryl methyl sites for hydroxylation is 2. The Morgan fingerprint density at radius 2 is 1.71 bits per heavy atom. The molecule has 1 amide bonds. The van der Waals surface area contributed by atoms with E-state index in [4.69, 9.17) is 9.47 Å². The van der Waals surface area contributed by atoms with Crippen LogP contribution in [-0.2, 0) is 0 Å². The molecule has 7 heteroatoms. The molecule has 0 aliphatic carbocycles. The maximum absolute atomic E-state index is 12.7. The largest absolute Gasteiger partial charge is 0.497 e. The predicted octanol–water partition coefficient (Wildman–Crippen LogP) is 4.11. The third kappa shape index (κ3) is 4.37. The predicted molar refractivity (Wildman–Crippen MR) is 109 cm³/mol. The minimum atomic E-state index is -0.359. The number of methoxy groups -OCH3 is 2. The van der Waals surface area contributed by atoms with E-state index < -0.39 is 0 Å². The molecule has 144 valence electrons. The van der Waals surface area contributed by atoms with Gasteiger partial charge >= 0.3 is 0 Å². The van der Waals surface area contributed by atoms with Crippen molar-refractivity contribution in [2.24, 2.45) is 0 Å². The highest BCUT2D eigenvalue weighted by Crippen LogP contribution is 2.29. The van der Waals surface area contributed by atoms with Crippen LogP contribution in [-0.4, -0.2) is 30.1 Å². The van der Waals surface area contributed by atoms with Gasteiger partial charge in [-0.25, -0.2) is 9.97 Å². The van der Waals surface area contributed by atoms with Gasteiger partial charge in [0.05, 0.1) is 19.9 Å². The molecular weight excluding hydrogens is 356 g/mol. The minimum Gasteiger partial charge on any atom is -0.497 e. The summed E-state index contributed by atoms with van der Waals surface area (Å²) in [5.41, 5.74) is 2.77. The fourth-order valence-electron chi connectivity index (χ4n) is 2.69. The number of nitrogens with zero attached hydrogens (tertiary/aromatic N) is 2. The number of benzene rings is 2. The van der Waals surface area contributed by atoms with Crippen LogP contribution in [0, 0.1) is 13.8 Å². The molecular formula is C21H22N4O3. The lowest BCUT2D eigenvalue weighted by Gasteiger charge is -2.13. The molecule has 2 N–H and O–H groups in total. The molecule has 1 heterocycles. The molecule has 0 bridgehead atoms. The summed E-state index contributed by atoms with van der Waals surface area (Å²) in [5, 5.41) is 6.06. The first-order valence-corrected chi connectivity index (χ1v) is 8.72. The van der Waals surface area contributed by atoms with Crippen molar-refractivity contribution in [3.63, 3.8) is 0 Å². The van der Waals surface area contributed by atoms with Crippen molar-refractivity contribution >= 4 is 23.1 Å². The maximum Gasteiger partial charge on any atom is 0.274 e. The second-order valence-electron chi connectivity index (χ2n) is 6.15. The van der Waals surface area contributed by atoms with Crippen LogP contribution in [0.2, 0.25) is 0 Å². The topological polar surface area (TPSA) is 85.4 Å². The fraction of sp³-hybridized carbons (Fsp3) is 0.190. The van der Waals surface area contributed by atoms with Crippen LogP contribution < -0.4 is 20.1 Å². The van der Waals surface area contributed by atoms with Crippen molar-refractivity contribution in [3.8, 4) is 11.5 Å². The standard InChI is InChI=1S/C21H22N4O3/c1-13-7-5-6-8-16(13)24-20-12-18(22-14(2)23-20)21(26)25-17-10-9-15(27-3)11-19(17)28-4/h5-12H,1-4H3,(H,25,26)(H,22,23,24). The van der Waals surface area contributed by atoms with E-state index in [1.807, 2.05) is 31.2 Å². The van der Waals surface area contributed by atoms with Crippen LogP contribution in [0.3, 0.4) is 0 Å². The van der Waals surface area contributed by atoms with E-state index in [-0.39, 0.29) is 11.6 Å². The number of hydrogen-bond acceptors (Lipinski definition) is 6. The number of rotatable bonds is 6. The summed E-state index contributed by atoms with van der Waals surface area (Å²) in [6.07, 6.45) is 0. The monoisotopic (exact) mass is 378 g/mol.